The number of aliphatic carboxylic acids is 1. The second kappa shape index (κ2) is 12.6. The van der Waals surface area contributed by atoms with Crippen molar-refractivity contribution in [2.24, 2.45) is 11.3 Å². The summed E-state index contributed by atoms with van der Waals surface area (Å²) in [4.78, 5) is 13.7. The highest BCUT2D eigenvalue weighted by molar-refractivity contribution is 5.78. The zero-order valence-corrected chi connectivity index (χ0v) is 20.1. The van der Waals surface area contributed by atoms with Crippen molar-refractivity contribution in [2.45, 2.75) is 64.9 Å². The lowest BCUT2D eigenvalue weighted by Gasteiger charge is -2.37. The van der Waals surface area contributed by atoms with Crippen LogP contribution in [0.25, 0.3) is 0 Å². The van der Waals surface area contributed by atoms with Crippen LogP contribution in [-0.4, -0.2) is 35.6 Å². The van der Waals surface area contributed by atoms with E-state index in [1.54, 1.807) is 18.2 Å². The molecule has 1 saturated heterocycles. The van der Waals surface area contributed by atoms with Crippen molar-refractivity contribution in [1.29, 1.82) is 0 Å². The Balaban J connectivity index is 0.000000489. The van der Waals surface area contributed by atoms with Gasteiger partial charge >= 0.3 is 5.97 Å². The van der Waals surface area contributed by atoms with Crippen LogP contribution in [0.4, 0.5) is 4.39 Å². The molecule has 3 aliphatic rings. The van der Waals surface area contributed by atoms with Crippen molar-refractivity contribution in [2.75, 3.05) is 19.6 Å². The fourth-order valence-corrected chi connectivity index (χ4v) is 4.69. The van der Waals surface area contributed by atoms with Crippen LogP contribution in [0.2, 0.25) is 0 Å². The maximum atomic E-state index is 13.6. The summed E-state index contributed by atoms with van der Waals surface area (Å²) in [6.07, 6.45) is 11.7. The topological polar surface area (TPSA) is 49.8 Å². The molecule has 1 saturated carbocycles. The van der Waals surface area contributed by atoms with Gasteiger partial charge < -0.3 is 14.7 Å². The summed E-state index contributed by atoms with van der Waals surface area (Å²) >= 11 is 0. The second-order valence-electron chi connectivity index (χ2n) is 8.88. The second-order valence-corrected chi connectivity index (χ2v) is 8.88. The van der Waals surface area contributed by atoms with Gasteiger partial charge in [0.1, 0.15) is 12.4 Å². The van der Waals surface area contributed by atoms with E-state index in [4.69, 9.17) is 11.2 Å². The zero-order valence-electron chi connectivity index (χ0n) is 20.1. The van der Waals surface area contributed by atoms with E-state index in [1.165, 1.54) is 5.56 Å². The van der Waals surface area contributed by atoms with Crippen molar-refractivity contribution in [3.8, 4) is 12.3 Å². The number of halogens is 1. The average Bonchev–Trinajstić information content (AvgIpc) is 3.62. The number of ether oxygens (including phenoxy) is 1. The number of allylic oxidation sites excluding steroid dienone is 2. The zero-order chi connectivity index (χ0) is 24.4. The number of terminal acetylenes is 1. The molecule has 2 heterocycles. The van der Waals surface area contributed by atoms with Crippen LogP contribution in [-0.2, 0) is 16.1 Å². The summed E-state index contributed by atoms with van der Waals surface area (Å²) in [5, 5.41) is 9.40. The van der Waals surface area contributed by atoms with Crippen molar-refractivity contribution in [3.63, 3.8) is 0 Å². The molecule has 0 radical (unpaired) electrons. The normalized spacial score (nSPS) is 21.4. The van der Waals surface area contributed by atoms with E-state index in [2.05, 4.69) is 24.0 Å². The Hall–Kier alpha value is -2.58. The van der Waals surface area contributed by atoms with Gasteiger partial charge in [0.15, 0.2) is 0 Å². The quantitative estimate of drug-likeness (QED) is 0.428. The highest BCUT2D eigenvalue weighted by Gasteiger charge is 2.51. The van der Waals surface area contributed by atoms with Crippen molar-refractivity contribution in [3.05, 3.63) is 60.1 Å². The number of likely N-dealkylation sites (tertiary alicyclic amines) is 1. The molecule has 4 nitrogen and oxygen atoms in total. The number of benzene rings is 1. The van der Waals surface area contributed by atoms with Crippen molar-refractivity contribution < 1.29 is 19.0 Å². The molecule has 1 unspecified atom stereocenters. The Morgan fingerprint density at radius 3 is 2.55 bits per heavy atom. The number of carbonyl (C=O) groups is 1. The highest BCUT2D eigenvalue weighted by Crippen LogP contribution is 2.47. The van der Waals surface area contributed by atoms with Crippen LogP contribution < -0.4 is 0 Å². The number of nitrogens with zero attached hydrogens (tertiary/aromatic N) is 1. The predicted octanol–water partition coefficient (Wildman–Crippen LogP) is 6.14. The first-order chi connectivity index (χ1) is 15.9. The van der Waals surface area contributed by atoms with Crippen LogP contribution in [0, 0.1) is 29.5 Å². The minimum Gasteiger partial charge on any atom is -0.494 e. The van der Waals surface area contributed by atoms with Crippen molar-refractivity contribution in [1.82, 2.24) is 4.90 Å². The monoisotopic (exact) mass is 455 g/mol. The molecular formula is C28H38FNO3. The van der Waals surface area contributed by atoms with E-state index in [1.807, 2.05) is 19.9 Å². The molecule has 1 N–H and O–H groups in total. The van der Waals surface area contributed by atoms with Gasteiger partial charge in [-0.15, -0.1) is 18.9 Å². The van der Waals surface area contributed by atoms with Crippen LogP contribution in [0.5, 0.6) is 0 Å². The summed E-state index contributed by atoms with van der Waals surface area (Å²) in [5.74, 6) is 3.10. The largest absolute Gasteiger partial charge is 0.494 e. The Morgan fingerprint density at radius 2 is 2.03 bits per heavy atom. The maximum absolute atomic E-state index is 13.6. The number of piperidine rings is 1. The van der Waals surface area contributed by atoms with E-state index in [0.717, 1.165) is 56.5 Å². The first-order valence-electron chi connectivity index (χ1n) is 12.0. The average molecular weight is 456 g/mol. The molecular weight excluding hydrogens is 417 g/mol. The van der Waals surface area contributed by atoms with Crippen LogP contribution in [0.1, 0.15) is 69.4 Å². The third-order valence-electron chi connectivity index (χ3n) is 6.68. The minimum atomic E-state index is -0.646. The molecule has 2 aliphatic heterocycles. The van der Waals surface area contributed by atoms with Crippen LogP contribution >= 0.6 is 0 Å². The molecule has 0 amide bonds. The lowest BCUT2D eigenvalue weighted by atomic mass is 9.76. The third kappa shape index (κ3) is 7.20. The lowest BCUT2D eigenvalue weighted by Crippen LogP contribution is -2.41. The third-order valence-corrected chi connectivity index (χ3v) is 6.68. The predicted molar refractivity (Wildman–Crippen MR) is 131 cm³/mol. The van der Waals surface area contributed by atoms with E-state index < -0.39 is 11.4 Å². The van der Waals surface area contributed by atoms with E-state index in [9.17, 15) is 14.3 Å². The molecule has 33 heavy (non-hydrogen) atoms. The van der Waals surface area contributed by atoms with Gasteiger partial charge in [0.2, 0.25) is 0 Å². The Labute approximate surface area is 198 Å². The smallest absolute Gasteiger partial charge is 0.310 e. The van der Waals surface area contributed by atoms with Gasteiger partial charge in [0, 0.05) is 19.4 Å². The van der Waals surface area contributed by atoms with E-state index >= 15 is 0 Å². The van der Waals surface area contributed by atoms with E-state index in [-0.39, 0.29) is 5.82 Å². The summed E-state index contributed by atoms with van der Waals surface area (Å²) in [7, 11) is 0. The maximum Gasteiger partial charge on any atom is 0.310 e. The number of carboxylic acids is 1. The lowest BCUT2D eigenvalue weighted by molar-refractivity contribution is -0.144. The first-order valence-corrected chi connectivity index (χ1v) is 12.0. The van der Waals surface area contributed by atoms with Crippen LogP contribution in [0.3, 0.4) is 0 Å². The van der Waals surface area contributed by atoms with Gasteiger partial charge in [-0.2, -0.15) is 0 Å². The van der Waals surface area contributed by atoms with Gasteiger partial charge in [-0.25, -0.2) is 4.39 Å². The first kappa shape index (κ1) is 26.7. The summed E-state index contributed by atoms with van der Waals surface area (Å²) in [5.41, 5.74) is 1.63. The molecule has 1 atom stereocenters. The molecule has 1 aliphatic carbocycles. The Bertz CT molecular complexity index is 860. The molecule has 4 rings (SSSR count). The van der Waals surface area contributed by atoms with Gasteiger partial charge in [-0.05, 0) is 73.9 Å². The molecule has 1 aromatic carbocycles. The molecule has 5 heteroatoms. The van der Waals surface area contributed by atoms with Crippen LogP contribution in [0.15, 0.2) is 43.2 Å². The SMILES string of the molecule is C#CCC=C.C=C1CC(C2CCN(CC3(C(=O)O)CC3)CC2)c2ccc(F)cc2CO1.CC. The highest BCUT2D eigenvalue weighted by atomic mass is 19.1. The number of carboxylic acid groups (broad SMARTS) is 1. The summed E-state index contributed by atoms with van der Waals surface area (Å²) < 4.78 is 19.3. The van der Waals surface area contributed by atoms with Gasteiger partial charge in [0.05, 0.1) is 11.2 Å². The fourth-order valence-electron chi connectivity index (χ4n) is 4.69. The summed E-state index contributed by atoms with van der Waals surface area (Å²) in [6.45, 7) is 14.4. The van der Waals surface area contributed by atoms with Crippen molar-refractivity contribution >= 4 is 5.97 Å². The number of fused-ring (bicyclic) bond motifs is 1. The number of hydrogen-bond donors (Lipinski definition) is 1. The molecule has 2 fully saturated rings. The number of rotatable bonds is 5. The minimum absolute atomic E-state index is 0.225. The molecule has 0 bridgehead atoms. The molecule has 180 valence electrons. The van der Waals surface area contributed by atoms with Gasteiger partial charge in [-0.3, -0.25) is 4.79 Å². The Morgan fingerprint density at radius 1 is 1.36 bits per heavy atom. The standard InChI is InChI=1S/C21H26FNO3.C5H6.C2H6/c1-14-10-19(18-3-2-17(22)11-16(18)12-26-14)15-4-8-23(9-5-15)13-21(6-7-21)20(24)25;1-3-5-4-2;1-2/h2-3,11,15,19H,1,4-10,12-13H2,(H,24,25);1,4H,2,5H2;1-2H3. The summed E-state index contributed by atoms with van der Waals surface area (Å²) in [6, 6.07) is 5.03. The molecule has 1 aromatic rings. The Kier molecular flexibility index (Phi) is 10.2. The van der Waals surface area contributed by atoms with E-state index in [0.29, 0.717) is 31.4 Å². The van der Waals surface area contributed by atoms with Gasteiger partial charge in [-0.1, -0.05) is 32.6 Å². The fraction of sp³-hybridized carbons (Fsp3) is 0.536. The number of hydrogen-bond acceptors (Lipinski definition) is 3. The molecule has 0 aromatic heterocycles. The molecule has 0 spiro atoms. The van der Waals surface area contributed by atoms with Gasteiger partial charge in [0.25, 0.3) is 0 Å².